The van der Waals surface area contributed by atoms with E-state index in [9.17, 15) is 14.4 Å². The van der Waals surface area contributed by atoms with E-state index >= 15 is 0 Å². The van der Waals surface area contributed by atoms with E-state index in [2.05, 4.69) is 17.4 Å². The van der Waals surface area contributed by atoms with Crippen molar-refractivity contribution in [3.8, 4) is 11.1 Å². The summed E-state index contributed by atoms with van der Waals surface area (Å²) in [5.41, 5.74) is 4.54. The van der Waals surface area contributed by atoms with Crippen LogP contribution in [0.5, 0.6) is 0 Å². The van der Waals surface area contributed by atoms with Crippen molar-refractivity contribution in [2.24, 2.45) is 0 Å². The van der Waals surface area contributed by atoms with E-state index in [-0.39, 0.29) is 37.4 Å². The van der Waals surface area contributed by atoms with Crippen LogP contribution >= 0.6 is 0 Å². The number of fused-ring (bicyclic) bond motifs is 3. The molecule has 0 spiro atoms. The average Bonchev–Trinajstić information content (AvgIpc) is 3.14. The summed E-state index contributed by atoms with van der Waals surface area (Å²) in [7, 11) is 1.40. The average molecular weight is 469 g/mol. The van der Waals surface area contributed by atoms with Gasteiger partial charge in [-0.2, -0.15) is 0 Å². The van der Waals surface area contributed by atoms with Crippen LogP contribution in [0.4, 0.5) is 4.79 Å². The molecule has 2 aromatic carbocycles. The summed E-state index contributed by atoms with van der Waals surface area (Å²) in [6.45, 7) is 4.13. The zero-order chi connectivity index (χ0) is 24.7. The maximum absolute atomic E-state index is 12.9. The third-order valence-corrected chi connectivity index (χ3v) is 6.03. The van der Waals surface area contributed by atoms with Crippen LogP contribution in [0.15, 0.2) is 48.5 Å². The number of carboxylic acids is 1. The Morgan fingerprint density at radius 1 is 1.03 bits per heavy atom. The number of methoxy groups -OCH3 is 1. The Labute approximate surface area is 199 Å². The number of rotatable bonds is 11. The van der Waals surface area contributed by atoms with Crippen LogP contribution in [0, 0.1) is 0 Å². The standard InChI is InChI=1S/C26H32N2O6/c1-17(2)28(14-8-13-24(29)30)25(31)23(33-3)15-27-26(32)34-16-22-20-11-6-4-9-18(20)19-10-5-7-12-21(19)22/h4-7,9-12,17,22-23H,8,13-16H2,1-3H3,(H,27,32)(H,29,30). The Kier molecular flexibility index (Phi) is 8.65. The van der Waals surface area contributed by atoms with E-state index in [1.54, 1.807) is 4.90 Å². The first-order valence-corrected chi connectivity index (χ1v) is 11.5. The Morgan fingerprint density at radius 2 is 1.62 bits per heavy atom. The molecule has 2 amide bonds. The molecule has 1 aliphatic carbocycles. The molecule has 0 saturated carbocycles. The number of aliphatic carboxylic acids is 1. The Balaban J connectivity index is 1.55. The molecule has 1 unspecified atom stereocenters. The third-order valence-electron chi connectivity index (χ3n) is 6.03. The molecule has 182 valence electrons. The maximum Gasteiger partial charge on any atom is 0.407 e. The highest BCUT2D eigenvalue weighted by Crippen LogP contribution is 2.44. The van der Waals surface area contributed by atoms with Gasteiger partial charge in [0, 0.05) is 32.0 Å². The number of carbonyl (C=O) groups excluding carboxylic acids is 2. The quantitative estimate of drug-likeness (QED) is 0.522. The summed E-state index contributed by atoms with van der Waals surface area (Å²) in [5, 5.41) is 11.5. The predicted octanol–water partition coefficient (Wildman–Crippen LogP) is 3.64. The molecule has 3 rings (SSSR count). The van der Waals surface area contributed by atoms with Crippen molar-refractivity contribution >= 4 is 18.0 Å². The van der Waals surface area contributed by atoms with Gasteiger partial charge in [-0.15, -0.1) is 0 Å². The van der Waals surface area contributed by atoms with E-state index in [1.165, 1.54) is 7.11 Å². The number of carbonyl (C=O) groups is 3. The first-order valence-electron chi connectivity index (χ1n) is 11.5. The van der Waals surface area contributed by atoms with Gasteiger partial charge in [0.1, 0.15) is 6.61 Å². The minimum Gasteiger partial charge on any atom is -0.481 e. The second-order valence-electron chi connectivity index (χ2n) is 8.55. The number of ether oxygens (including phenoxy) is 2. The fourth-order valence-corrected chi connectivity index (χ4v) is 4.31. The minimum atomic E-state index is -0.906. The molecule has 2 aromatic rings. The van der Waals surface area contributed by atoms with Crippen LogP contribution in [-0.4, -0.2) is 66.9 Å². The molecular formula is C26H32N2O6. The molecule has 0 radical (unpaired) electrons. The first-order chi connectivity index (χ1) is 16.3. The summed E-state index contributed by atoms with van der Waals surface area (Å²) in [5.74, 6) is -1.26. The second kappa shape index (κ2) is 11.7. The molecule has 1 aliphatic rings. The number of hydrogen-bond donors (Lipinski definition) is 2. The molecule has 34 heavy (non-hydrogen) atoms. The summed E-state index contributed by atoms with van der Waals surface area (Å²) in [6, 6.07) is 16.0. The number of alkyl carbamates (subject to hydrolysis) is 1. The summed E-state index contributed by atoms with van der Waals surface area (Å²) in [4.78, 5) is 37.7. The highest BCUT2D eigenvalue weighted by Gasteiger charge is 2.30. The molecule has 0 heterocycles. The topological polar surface area (TPSA) is 105 Å². The maximum atomic E-state index is 12.9. The lowest BCUT2D eigenvalue weighted by Gasteiger charge is -2.30. The molecular weight excluding hydrogens is 436 g/mol. The van der Waals surface area contributed by atoms with Crippen molar-refractivity contribution in [3.63, 3.8) is 0 Å². The molecule has 2 N–H and O–H groups in total. The van der Waals surface area contributed by atoms with Gasteiger partial charge in [-0.25, -0.2) is 4.79 Å². The molecule has 0 saturated heterocycles. The van der Waals surface area contributed by atoms with Gasteiger partial charge in [-0.3, -0.25) is 9.59 Å². The molecule has 0 aromatic heterocycles. The predicted molar refractivity (Wildman–Crippen MR) is 128 cm³/mol. The largest absolute Gasteiger partial charge is 0.481 e. The SMILES string of the molecule is COC(CNC(=O)OCC1c2ccccc2-c2ccccc21)C(=O)N(CCCC(=O)O)C(C)C. The van der Waals surface area contributed by atoms with Crippen LogP contribution in [-0.2, 0) is 19.1 Å². The van der Waals surface area contributed by atoms with Crippen molar-refractivity contribution in [3.05, 3.63) is 59.7 Å². The molecule has 0 fully saturated rings. The number of amides is 2. The van der Waals surface area contributed by atoms with Crippen molar-refractivity contribution in [1.82, 2.24) is 10.2 Å². The highest BCUT2D eigenvalue weighted by molar-refractivity contribution is 5.82. The van der Waals surface area contributed by atoms with Crippen LogP contribution in [0.1, 0.15) is 43.7 Å². The molecule has 8 nitrogen and oxygen atoms in total. The van der Waals surface area contributed by atoms with E-state index in [1.807, 2.05) is 50.2 Å². The van der Waals surface area contributed by atoms with Crippen LogP contribution in [0.3, 0.4) is 0 Å². The minimum absolute atomic E-state index is 0.0217. The van der Waals surface area contributed by atoms with Gasteiger partial charge >= 0.3 is 12.1 Å². The smallest absolute Gasteiger partial charge is 0.407 e. The molecule has 0 aliphatic heterocycles. The Hall–Kier alpha value is -3.39. The number of nitrogens with one attached hydrogen (secondary N) is 1. The van der Waals surface area contributed by atoms with E-state index < -0.39 is 18.2 Å². The molecule has 0 bridgehead atoms. The van der Waals surface area contributed by atoms with Crippen molar-refractivity contribution < 1.29 is 29.0 Å². The van der Waals surface area contributed by atoms with Crippen LogP contribution < -0.4 is 5.32 Å². The van der Waals surface area contributed by atoms with Gasteiger partial charge in [-0.05, 0) is 42.5 Å². The third kappa shape index (κ3) is 5.94. The first kappa shape index (κ1) is 25.2. The van der Waals surface area contributed by atoms with Gasteiger partial charge in [0.25, 0.3) is 5.91 Å². The zero-order valence-corrected chi connectivity index (χ0v) is 19.8. The second-order valence-corrected chi connectivity index (χ2v) is 8.55. The summed E-state index contributed by atoms with van der Waals surface area (Å²) < 4.78 is 10.8. The van der Waals surface area contributed by atoms with Crippen molar-refractivity contribution in [2.45, 2.75) is 44.8 Å². The van der Waals surface area contributed by atoms with Crippen molar-refractivity contribution in [2.75, 3.05) is 26.8 Å². The van der Waals surface area contributed by atoms with Gasteiger partial charge in [0.2, 0.25) is 0 Å². The lowest BCUT2D eigenvalue weighted by molar-refractivity contribution is -0.144. The Morgan fingerprint density at radius 3 is 2.15 bits per heavy atom. The van der Waals surface area contributed by atoms with Gasteiger partial charge in [-0.1, -0.05) is 48.5 Å². The fourth-order valence-electron chi connectivity index (χ4n) is 4.31. The number of nitrogens with zero attached hydrogens (tertiary/aromatic N) is 1. The fraction of sp³-hybridized carbons (Fsp3) is 0.423. The van der Waals surface area contributed by atoms with Gasteiger partial charge in [0.05, 0.1) is 6.54 Å². The normalized spacial score (nSPS) is 13.2. The van der Waals surface area contributed by atoms with E-state index in [4.69, 9.17) is 14.6 Å². The van der Waals surface area contributed by atoms with E-state index in [0.29, 0.717) is 13.0 Å². The number of carboxylic acid groups (broad SMARTS) is 1. The van der Waals surface area contributed by atoms with Crippen molar-refractivity contribution in [1.29, 1.82) is 0 Å². The zero-order valence-electron chi connectivity index (χ0n) is 19.8. The number of hydrogen-bond acceptors (Lipinski definition) is 5. The summed E-state index contributed by atoms with van der Waals surface area (Å²) >= 11 is 0. The summed E-state index contributed by atoms with van der Waals surface area (Å²) in [6.07, 6.45) is -1.20. The van der Waals surface area contributed by atoms with Gasteiger partial charge in [0.15, 0.2) is 6.10 Å². The van der Waals surface area contributed by atoms with Crippen LogP contribution in [0.25, 0.3) is 11.1 Å². The van der Waals surface area contributed by atoms with Gasteiger partial charge < -0.3 is 24.8 Å². The molecule has 8 heteroatoms. The van der Waals surface area contributed by atoms with E-state index in [0.717, 1.165) is 22.3 Å². The lowest BCUT2D eigenvalue weighted by atomic mass is 9.98. The highest BCUT2D eigenvalue weighted by atomic mass is 16.5. The molecule has 1 atom stereocenters. The Bertz CT molecular complexity index is 976. The van der Waals surface area contributed by atoms with Crippen LogP contribution in [0.2, 0.25) is 0 Å². The lowest BCUT2D eigenvalue weighted by Crippen LogP contribution is -2.49. The number of benzene rings is 2. The monoisotopic (exact) mass is 468 g/mol.